The Bertz CT molecular complexity index is 760. The number of amides is 1. The number of aromatic nitrogens is 2. The molecule has 1 amide bonds. The van der Waals surface area contributed by atoms with Crippen molar-refractivity contribution in [2.45, 2.75) is 0 Å². The lowest BCUT2D eigenvalue weighted by atomic mass is 10.1. The molecule has 0 fully saturated rings. The summed E-state index contributed by atoms with van der Waals surface area (Å²) in [6, 6.07) is 4.95. The van der Waals surface area contributed by atoms with E-state index >= 15 is 0 Å². The first kappa shape index (κ1) is 14.0. The number of nitrogens with one attached hydrogen (secondary N) is 2. The second-order valence-electron chi connectivity index (χ2n) is 4.01. The number of hydrogen-bond acceptors (Lipinski definition) is 5. The quantitative estimate of drug-likeness (QED) is 0.278. The van der Waals surface area contributed by atoms with Crippen LogP contribution in [-0.2, 0) is 4.79 Å². The highest BCUT2D eigenvalue weighted by Gasteiger charge is 2.04. The van der Waals surface area contributed by atoms with Crippen molar-refractivity contribution >= 4 is 23.9 Å². The maximum Gasteiger partial charge on any atom is 0.212 e. The van der Waals surface area contributed by atoms with Gasteiger partial charge in [0.1, 0.15) is 17.5 Å². The average molecular weight is 280 g/mol. The van der Waals surface area contributed by atoms with Crippen LogP contribution in [0.5, 0.6) is 0 Å². The van der Waals surface area contributed by atoms with Crippen molar-refractivity contribution in [3.8, 4) is 11.8 Å². The summed E-state index contributed by atoms with van der Waals surface area (Å²) in [5, 5.41) is 9.85. The molecule has 0 unspecified atom stereocenters. The van der Waals surface area contributed by atoms with Crippen molar-refractivity contribution in [3.05, 3.63) is 47.3 Å². The van der Waals surface area contributed by atoms with Crippen molar-refractivity contribution in [2.24, 2.45) is 5.73 Å². The molecule has 7 heteroatoms. The summed E-state index contributed by atoms with van der Waals surface area (Å²) in [4.78, 5) is 18.3. The van der Waals surface area contributed by atoms with Crippen LogP contribution in [0.4, 0.5) is 11.6 Å². The van der Waals surface area contributed by atoms with E-state index < -0.39 is 0 Å². The monoisotopic (exact) mass is 280 g/mol. The van der Waals surface area contributed by atoms with E-state index in [1.54, 1.807) is 18.2 Å². The minimum Gasteiger partial charge on any atom is -0.384 e. The zero-order chi connectivity index (χ0) is 15.2. The van der Waals surface area contributed by atoms with Gasteiger partial charge in [-0.25, -0.2) is 9.97 Å². The number of amidine groups is 1. The summed E-state index contributed by atoms with van der Waals surface area (Å²) < 4.78 is 0. The summed E-state index contributed by atoms with van der Waals surface area (Å²) in [5.74, 6) is 6.24. The van der Waals surface area contributed by atoms with Gasteiger partial charge in [-0.2, -0.15) is 0 Å². The Labute approximate surface area is 120 Å². The third-order valence-electron chi connectivity index (χ3n) is 2.53. The molecule has 0 spiro atoms. The van der Waals surface area contributed by atoms with Crippen molar-refractivity contribution in [1.29, 1.82) is 5.41 Å². The zero-order valence-corrected chi connectivity index (χ0v) is 10.9. The van der Waals surface area contributed by atoms with E-state index in [9.17, 15) is 4.79 Å². The summed E-state index contributed by atoms with van der Waals surface area (Å²) in [6.07, 6.45) is 3.58. The van der Waals surface area contributed by atoms with Gasteiger partial charge in [0.05, 0.1) is 5.56 Å². The van der Waals surface area contributed by atoms with Crippen LogP contribution < -0.4 is 16.8 Å². The van der Waals surface area contributed by atoms with Gasteiger partial charge in [-0.1, -0.05) is 11.8 Å². The number of rotatable bonds is 3. The number of nitrogens with zero attached hydrogens (tertiary/aromatic N) is 2. The van der Waals surface area contributed by atoms with Gasteiger partial charge >= 0.3 is 0 Å². The fourth-order valence-electron chi connectivity index (χ4n) is 1.55. The van der Waals surface area contributed by atoms with Gasteiger partial charge in [0, 0.05) is 23.5 Å². The standard InChI is InChI=1S/C14H12N6O/c15-13(16)11-5-10(7-19-14(11)17)2-1-9-3-4-18-12(6-9)20-8-21/h3-8H,(H3,15,16)(H2,17,19)(H,18,20,21). The molecule has 0 aliphatic heterocycles. The lowest BCUT2D eigenvalue weighted by Crippen LogP contribution is -2.14. The summed E-state index contributed by atoms with van der Waals surface area (Å²) in [5.41, 5.74) is 12.6. The Balaban J connectivity index is 2.30. The molecule has 2 rings (SSSR count). The van der Waals surface area contributed by atoms with Crippen LogP contribution in [0, 0.1) is 17.3 Å². The van der Waals surface area contributed by atoms with Crippen molar-refractivity contribution in [1.82, 2.24) is 9.97 Å². The second-order valence-corrected chi connectivity index (χ2v) is 4.01. The molecule has 2 heterocycles. The van der Waals surface area contributed by atoms with Crippen LogP contribution in [0.2, 0.25) is 0 Å². The van der Waals surface area contributed by atoms with Gasteiger partial charge < -0.3 is 16.8 Å². The van der Waals surface area contributed by atoms with Gasteiger partial charge in [-0.3, -0.25) is 10.2 Å². The molecule has 0 radical (unpaired) electrons. The number of carbonyl (C=O) groups is 1. The van der Waals surface area contributed by atoms with E-state index in [1.165, 1.54) is 12.4 Å². The molecule has 6 N–H and O–H groups in total. The van der Waals surface area contributed by atoms with Crippen molar-refractivity contribution in [2.75, 3.05) is 11.1 Å². The molecular weight excluding hydrogens is 268 g/mol. The van der Waals surface area contributed by atoms with Crippen LogP contribution in [0.1, 0.15) is 16.7 Å². The Hall–Kier alpha value is -3.40. The average Bonchev–Trinajstić information content (AvgIpc) is 2.47. The molecule has 0 aromatic carbocycles. The SMILES string of the molecule is N=C(N)c1cc(C#Cc2ccnc(NC=O)c2)cnc1N. The maximum absolute atomic E-state index is 10.4. The Morgan fingerprint density at radius 3 is 2.76 bits per heavy atom. The highest BCUT2D eigenvalue weighted by atomic mass is 16.1. The molecule has 0 aliphatic carbocycles. The number of pyridine rings is 2. The van der Waals surface area contributed by atoms with Crippen LogP contribution in [0.25, 0.3) is 0 Å². The summed E-state index contributed by atoms with van der Waals surface area (Å²) >= 11 is 0. The van der Waals surface area contributed by atoms with Gasteiger partial charge in [0.2, 0.25) is 6.41 Å². The van der Waals surface area contributed by atoms with Gasteiger partial charge in [-0.05, 0) is 18.2 Å². The van der Waals surface area contributed by atoms with Crippen LogP contribution in [-0.4, -0.2) is 22.2 Å². The Kier molecular flexibility index (Phi) is 4.11. The van der Waals surface area contributed by atoms with E-state index in [2.05, 4.69) is 27.1 Å². The molecule has 0 bridgehead atoms. The topological polar surface area (TPSA) is 131 Å². The van der Waals surface area contributed by atoms with E-state index in [0.29, 0.717) is 28.9 Å². The van der Waals surface area contributed by atoms with Crippen LogP contribution in [0.15, 0.2) is 30.6 Å². The first-order chi connectivity index (χ1) is 10.1. The summed E-state index contributed by atoms with van der Waals surface area (Å²) in [6.45, 7) is 0. The third kappa shape index (κ3) is 3.54. The van der Waals surface area contributed by atoms with Gasteiger partial charge in [0.15, 0.2) is 0 Å². The molecule has 21 heavy (non-hydrogen) atoms. The molecule has 2 aromatic heterocycles. The smallest absolute Gasteiger partial charge is 0.212 e. The number of nitrogens with two attached hydrogens (primary N) is 2. The molecule has 0 saturated heterocycles. The largest absolute Gasteiger partial charge is 0.384 e. The lowest BCUT2D eigenvalue weighted by Gasteiger charge is -2.02. The fraction of sp³-hybridized carbons (Fsp3) is 0. The molecule has 2 aromatic rings. The molecule has 104 valence electrons. The van der Waals surface area contributed by atoms with Crippen LogP contribution in [0.3, 0.4) is 0 Å². The number of carbonyl (C=O) groups excluding carboxylic acids is 1. The Morgan fingerprint density at radius 1 is 1.29 bits per heavy atom. The highest BCUT2D eigenvalue weighted by molar-refractivity contribution is 5.99. The Morgan fingerprint density at radius 2 is 2.05 bits per heavy atom. The van der Waals surface area contributed by atoms with E-state index in [0.717, 1.165) is 0 Å². The van der Waals surface area contributed by atoms with Crippen molar-refractivity contribution < 1.29 is 4.79 Å². The van der Waals surface area contributed by atoms with E-state index in [-0.39, 0.29) is 11.7 Å². The van der Waals surface area contributed by atoms with E-state index in [1.807, 2.05) is 0 Å². The minimum atomic E-state index is -0.162. The number of anilines is 2. The predicted octanol–water partition coefficient (Wildman–Crippen LogP) is 0.311. The highest BCUT2D eigenvalue weighted by Crippen LogP contribution is 2.10. The second kappa shape index (κ2) is 6.16. The maximum atomic E-state index is 10.4. The van der Waals surface area contributed by atoms with Gasteiger partial charge in [0.25, 0.3) is 0 Å². The predicted molar refractivity (Wildman–Crippen MR) is 79.6 cm³/mol. The van der Waals surface area contributed by atoms with Gasteiger partial charge in [-0.15, -0.1) is 0 Å². The minimum absolute atomic E-state index is 0.162. The molecular formula is C14H12N6O. The lowest BCUT2D eigenvalue weighted by molar-refractivity contribution is -0.105. The van der Waals surface area contributed by atoms with Crippen LogP contribution >= 0.6 is 0 Å². The molecule has 0 atom stereocenters. The molecule has 0 aliphatic rings. The number of nitrogen functional groups attached to an aromatic ring is 2. The van der Waals surface area contributed by atoms with Crippen molar-refractivity contribution in [3.63, 3.8) is 0 Å². The third-order valence-corrected chi connectivity index (χ3v) is 2.53. The zero-order valence-electron chi connectivity index (χ0n) is 10.9. The van der Waals surface area contributed by atoms with E-state index in [4.69, 9.17) is 16.9 Å². The molecule has 0 saturated carbocycles. The summed E-state index contributed by atoms with van der Waals surface area (Å²) in [7, 11) is 0. The molecule has 7 nitrogen and oxygen atoms in total. The normalized spacial score (nSPS) is 9.33. The first-order valence-corrected chi connectivity index (χ1v) is 5.88. The number of hydrogen-bond donors (Lipinski definition) is 4. The first-order valence-electron chi connectivity index (χ1n) is 5.88. The fourth-order valence-corrected chi connectivity index (χ4v) is 1.55.